The third-order valence-electron chi connectivity index (χ3n) is 0. The highest BCUT2D eigenvalue weighted by Gasteiger charge is 0.839. The number of hydrogen-bond donors (Lipinski definition) is 10. The van der Waals surface area contributed by atoms with Crippen LogP contribution in [0.1, 0.15) is 0 Å². The van der Waals surface area contributed by atoms with Gasteiger partial charge in [0.25, 0.3) is 0 Å². The molecule has 0 atom stereocenters. The van der Waals surface area contributed by atoms with Crippen LogP contribution in [0.5, 0.6) is 0 Å². The van der Waals surface area contributed by atoms with Gasteiger partial charge in [0, 0.05) is 7.11 Å². The molecule has 0 fully saturated rings. The first-order valence-electron chi connectivity index (χ1n) is 0.447. The number of hydrogen-bond acceptors (Lipinski definition) is 10. The van der Waals surface area contributed by atoms with Crippen LogP contribution in [-0.4, -0.2) is 12.2 Å². The number of aliphatic hydroxyl groups excluding tert-OH is 1. The topological polar surface area (TPSA) is 335 Å². The summed E-state index contributed by atoms with van der Waals surface area (Å²) in [6.45, 7) is 0. The molecule has 0 aliphatic rings. The summed E-state index contributed by atoms with van der Waals surface area (Å²) in [7, 11) is 1.00. The predicted octanol–water partition coefficient (Wildman–Crippen LogP) is 1.07. The van der Waals surface area contributed by atoms with E-state index < -0.39 is 0 Å². The lowest BCUT2D eigenvalue weighted by Crippen LogP contribution is -1.25. The summed E-state index contributed by atoms with van der Waals surface area (Å²) < 4.78 is 0. The first-order chi connectivity index (χ1) is 1.00. The zero-order chi connectivity index (χ0) is 2.00. The Morgan fingerprint density at radius 1 is 0.364 bits per heavy atom. The number of rotatable bonds is 0. The third kappa shape index (κ3) is 3470. The van der Waals surface area contributed by atoms with Crippen LogP contribution in [-0.2, 0) is 0 Å². The fraction of sp³-hybridized carbons (Fsp3) is 1.00. The average Bonchev–Trinajstić information content (AvgIpc) is 1.00. The zero-order valence-electron chi connectivity index (χ0n) is 7.81. The summed E-state index contributed by atoms with van der Waals surface area (Å²) >= 11 is 0. The molecule has 0 aliphatic carbocycles. The smallest absolute Gasteiger partial charge is 0.0319 e. The van der Waals surface area contributed by atoms with Gasteiger partial charge in [-0.25, -0.2) is 0 Å². The molecule has 0 aliphatic heterocycles. The Hall–Kier alpha value is -0.400. The molecule has 0 heterocycles. The van der Waals surface area contributed by atoms with Crippen molar-refractivity contribution in [2.45, 2.75) is 0 Å². The minimum atomic E-state index is 0. The summed E-state index contributed by atoms with van der Waals surface area (Å²) in [5.74, 6) is 0. The Balaban J connectivity index is -0.000000000139. The average molecular weight is 185 g/mol. The van der Waals surface area contributed by atoms with Crippen molar-refractivity contribution in [1.29, 1.82) is 0 Å². The second-order valence-electron chi connectivity index (χ2n) is 0. The van der Waals surface area contributed by atoms with E-state index in [4.69, 9.17) is 5.11 Å². The van der Waals surface area contributed by atoms with E-state index in [2.05, 4.69) is 0 Å². The predicted molar refractivity (Wildman–Crippen MR) is 53.3 cm³/mol. The van der Waals surface area contributed by atoms with Crippen molar-refractivity contribution in [3.05, 3.63) is 0 Å². The number of aliphatic hydroxyl groups is 1. The monoisotopic (exact) mass is 185 g/mol. The van der Waals surface area contributed by atoms with E-state index in [9.17, 15) is 0 Å². The fourth-order valence-electron chi connectivity index (χ4n) is 0. The maximum absolute atomic E-state index is 7.00. The standard InChI is InChI=1S/CH4O.9H3N/c1-2;;;;;;;;;/h2H,1H3;9*1H3. The largest absolute Gasteiger partial charge is 0.400 e. The molecule has 0 saturated carbocycles. The Morgan fingerprint density at radius 3 is 0.364 bits per heavy atom. The van der Waals surface area contributed by atoms with E-state index in [1.165, 1.54) is 0 Å². The van der Waals surface area contributed by atoms with E-state index in [1.54, 1.807) is 0 Å². The molecule has 0 unspecified atom stereocenters. The highest BCUT2D eigenvalue weighted by Crippen LogP contribution is 0.755. The lowest BCUT2D eigenvalue weighted by molar-refractivity contribution is 0.399. The highest BCUT2D eigenvalue weighted by molar-refractivity contribution is 3.18. The van der Waals surface area contributed by atoms with Gasteiger partial charge >= 0.3 is 0 Å². The Labute approximate surface area is 68.8 Å². The van der Waals surface area contributed by atoms with Crippen molar-refractivity contribution in [3.63, 3.8) is 0 Å². The van der Waals surface area contributed by atoms with E-state index in [1.807, 2.05) is 0 Å². The van der Waals surface area contributed by atoms with Gasteiger partial charge in [-0.15, -0.1) is 0 Å². The van der Waals surface area contributed by atoms with Crippen molar-refractivity contribution in [3.8, 4) is 0 Å². The van der Waals surface area contributed by atoms with Gasteiger partial charge in [-0.1, -0.05) is 0 Å². The fourth-order valence-corrected chi connectivity index (χ4v) is 0. The van der Waals surface area contributed by atoms with Crippen molar-refractivity contribution < 1.29 is 5.11 Å². The van der Waals surface area contributed by atoms with Gasteiger partial charge in [0.1, 0.15) is 0 Å². The molecular formula is CH31N9O. The molecule has 0 radical (unpaired) electrons. The van der Waals surface area contributed by atoms with Crippen LogP contribution in [0.25, 0.3) is 0 Å². The molecule has 0 aromatic carbocycles. The second kappa shape index (κ2) is 4440. The van der Waals surface area contributed by atoms with Crippen LogP contribution < -0.4 is 55.4 Å². The molecule has 0 saturated heterocycles. The van der Waals surface area contributed by atoms with Crippen LogP contribution in [0.3, 0.4) is 0 Å². The van der Waals surface area contributed by atoms with Gasteiger partial charge in [-0.3, -0.25) is 0 Å². The maximum atomic E-state index is 7.00. The van der Waals surface area contributed by atoms with Crippen molar-refractivity contribution in [2.24, 2.45) is 0 Å². The van der Waals surface area contributed by atoms with Crippen molar-refractivity contribution in [2.75, 3.05) is 7.11 Å². The van der Waals surface area contributed by atoms with Crippen molar-refractivity contribution >= 4 is 0 Å². The van der Waals surface area contributed by atoms with Gasteiger partial charge in [-0.05, 0) is 0 Å². The molecule has 0 bridgehead atoms. The van der Waals surface area contributed by atoms with Crippen LogP contribution in [0.4, 0.5) is 0 Å². The van der Waals surface area contributed by atoms with E-state index in [-0.39, 0.29) is 55.4 Å². The summed E-state index contributed by atoms with van der Waals surface area (Å²) in [6.07, 6.45) is 0. The Kier molecular flexibility index (Phi) is 1090000. The van der Waals surface area contributed by atoms with Gasteiger partial charge in [0.05, 0.1) is 0 Å². The van der Waals surface area contributed by atoms with Crippen LogP contribution in [0.2, 0.25) is 0 Å². The van der Waals surface area contributed by atoms with E-state index in [0.717, 1.165) is 7.11 Å². The molecule has 11 heavy (non-hydrogen) atoms. The molecule has 0 rings (SSSR count). The molecule has 0 spiro atoms. The zero-order valence-corrected chi connectivity index (χ0v) is 7.81. The molecule has 0 amide bonds. The molecule has 86 valence electrons. The van der Waals surface area contributed by atoms with Gasteiger partial charge in [0.15, 0.2) is 0 Å². The summed E-state index contributed by atoms with van der Waals surface area (Å²) in [6, 6.07) is 0. The maximum Gasteiger partial charge on any atom is 0.0319 e. The Bertz CT molecular complexity index is 9.52. The van der Waals surface area contributed by atoms with E-state index in [0.29, 0.717) is 0 Å². The minimum Gasteiger partial charge on any atom is -0.400 e. The van der Waals surface area contributed by atoms with Gasteiger partial charge in [0.2, 0.25) is 0 Å². The normalized spacial score (nSPS) is 0.545. The van der Waals surface area contributed by atoms with E-state index >= 15 is 0 Å². The second-order valence-corrected chi connectivity index (χ2v) is 0. The highest BCUT2D eigenvalue weighted by atomic mass is 16.2. The SMILES string of the molecule is CO.N.N.N.N.N.N.N.N.N. The molecular weight excluding hydrogens is 154 g/mol. The lowest BCUT2D eigenvalue weighted by Gasteiger charge is -1.21. The molecule has 10 heteroatoms. The minimum absolute atomic E-state index is 0. The van der Waals surface area contributed by atoms with Crippen LogP contribution >= 0.6 is 0 Å². The molecule has 28 N–H and O–H groups in total. The summed E-state index contributed by atoms with van der Waals surface area (Å²) in [5.41, 5.74) is 0. The molecule has 0 aromatic heterocycles. The lowest BCUT2D eigenvalue weighted by atomic mass is 11.8. The quantitative estimate of drug-likeness (QED) is 0.255. The van der Waals surface area contributed by atoms with Gasteiger partial charge in [-0.2, -0.15) is 0 Å². The van der Waals surface area contributed by atoms with Crippen LogP contribution in [0, 0.1) is 0 Å². The third-order valence-corrected chi connectivity index (χ3v) is 0. The van der Waals surface area contributed by atoms with Gasteiger partial charge < -0.3 is 60.5 Å². The first kappa shape index (κ1) is 2710. The molecule has 0 aromatic rings. The first-order valence-corrected chi connectivity index (χ1v) is 0.447. The van der Waals surface area contributed by atoms with Crippen molar-refractivity contribution in [1.82, 2.24) is 55.4 Å². The summed E-state index contributed by atoms with van der Waals surface area (Å²) in [5, 5.41) is 7.00. The molecule has 10 nitrogen and oxygen atoms in total. The Morgan fingerprint density at radius 2 is 0.364 bits per heavy atom. The summed E-state index contributed by atoms with van der Waals surface area (Å²) in [4.78, 5) is 0. The van der Waals surface area contributed by atoms with Crippen LogP contribution in [0.15, 0.2) is 0 Å².